The number of nitrogen functional groups attached to an aromatic ring is 1. The van der Waals surface area contributed by atoms with Gasteiger partial charge < -0.3 is 16.4 Å². The van der Waals surface area contributed by atoms with Gasteiger partial charge in [-0.15, -0.1) is 0 Å². The molecule has 1 aliphatic carbocycles. The van der Waals surface area contributed by atoms with Crippen LogP contribution in [0.4, 0.5) is 17.1 Å². The van der Waals surface area contributed by atoms with Gasteiger partial charge in [-0.05, 0) is 60.7 Å². The lowest BCUT2D eigenvalue weighted by atomic mass is 10.1. The molecule has 0 saturated heterocycles. The van der Waals surface area contributed by atoms with E-state index in [1.54, 1.807) is 19.2 Å². The summed E-state index contributed by atoms with van der Waals surface area (Å²) in [7, 11) is 1.61. The van der Waals surface area contributed by atoms with Crippen molar-refractivity contribution in [3.05, 3.63) is 53.1 Å². The van der Waals surface area contributed by atoms with Crippen molar-refractivity contribution < 1.29 is 4.79 Å². The average Bonchev–Trinajstić information content (AvgIpc) is 2.96. The maximum absolute atomic E-state index is 11.6. The highest BCUT2D eigenvalue weighted by Gasteiger charge is 2.11. The van der Waals surface area contributed by atoms with Crippen LogP contribution in [0.1, 0.15) is 27.9 Å². The summed E-state index contributed by atoms with van der Waals surface area (Å²) in [5.41, 5.74) is 11.9. The van der Waals surface area contributed by atoms with Crippen molar-refractivity contribution in [2.24, 2.45) is 0 Å². The average molecular weight is 281 g/mol. The number of nitrogens with two attached hydrogens (primary N) is 1. The van der Waals surface area contributed by atoms with Crippen molar-refractivity contribution in [1.82, 2.24) is 5.32 Å². The number of benzene rings is 2. The summed E-state index contributed by atoms with van der Waals surface area (Å²) in [5.74, 6) is -0.134. The molecule has 1 aliphatic rings. The van der Waals surface area contributed by atoms with Gasteiger partial charge in [0.05, 0.1) is 11.4 Å². The van der Waals surface area contributed by atoms with Crippen LogP contribution in [0.2, 0.25) is 0 Å². The second-order valence-electron chi connectivity index (χ2n) is 5.34. The zero-order chi connectivity index (χ0) is 14.8. The minimum absolute atomic E-state index is 0.134. The van der Waals surface area contributed by atoms with E-state index in [1.165, 1.54) is 24.0 Å². The lowest BCUT2D eigenvalue weighted by Gasteiger charge is -2.12. The standard InChI is InChI=1S/C17H19N3O/c1-19-17(21)13-6-8-16(15(18)10-13)20-14-7-5-11-3-2-4-12(11)9-14/h5-10,20H,2-4,18H2,1H3,(H,19,21). The van der Waals surface area contributed by atoms with E-state index >= 15 is 0 Å². The summed E-state index contributed by atoms with van der Waals surface area (Å²) < 4.78 is 0. The van der Waals surface area contributed by atoms with Crippen LogP contribution in [-0.4, -0.2) is 13.0 Å². The molecular weight excluding hydrogens is 262 g/mol. The number of anilines is 3. The fraction of sp³-hybridized carbons (Fsp3) is 0.235. The SMILES string of the molecule is CNC(=O)c1ccc(Nc2ccc3c(c2)CCC3)c(N)c1. The molecule has 0 bridgehead atoms. The van der Waals surface area contributed by atoms with E-state index in [2.05, 4.69) is 28.8 Å². The highest BCUT2D eigenvalue weighted by Crippen LogP contribution is 2.29. The summed E-state index contributed by atoms with van der Waals surface area (Å²) in [4.78, 5) is 11.6. The minimum Gasteiger partial charge on any atom is -0.397 e. The number of amides is 1. The first-order valence-corrected chi connectivity index (χ1v) is 7.18. The maximum Gasteiger partial charge on any atom is 0.251 e. The molecule has 0 aliphatic heterocycles. The predicted octanol–water partition coefficient (Wildman–Crippen LogP) is 2.86. The second-order valence-corrected chi connectivity index (χ2v) is 5.34. The monoisotopic (exact) mass is 281 g/mol. The Morgan fingerprint density at radius 2 is 1.90 bits per heavy atom. The minimum atomic E-state index is -0.134. The summed E-state index contributed by atoms with van der Waals surface area (Å²) >= 11 is 0. The molecule has 4 heteroatoms. The molecule has 0 heterocycles. The first kappa shape index (κ1) is 13.5. The molecule has 2 aromatic rings. The van der Waals surface area contributed by atoms with Gasteiger partial charge in [0.1, 0.15) is 0 Å². The van der Waals surface area contributed by atoms with E-state index in [1.807, 2.05) is 6.07 Å². The first-order chi connectivity index (χ1) is 10.2. The van der Waals surface area contributed by atoms with Crippen molar-refractivity contribution in [2.75, 3.05) is 18.1 Å². The molecule has 4 N–H and O–H groups in total. The van der Waals surface area contributed by atoms with Crippen molar-refractivity contribution in [3.8, 4) is 0 Å². The van der Waals surface area contributed by atoms with Gasteiger partial charge in [0.2, 0.25) is 0 Å². The molecule has 0 radical (unpaired) electrons. The first-order valence-electron chi connectivity index (χ1n) is 7.18. The fourth-order valence-corrected chi connectivity index (χ4v) is 2.77. The molecule has 0 spiro atoms. The second kappa shape index (κ2) is 5.48. The number of hydrogen-bond acceptors (Lipinski definition) is 3. The molecule has 0 fully saturated rings. The zero-order valence-electron chi connectivity index (χ0n) is 12.1. The summed E-state index contributed by atoms with van der Waals surface area (Å²) in [6, 6.07) is 11.7. The molecular formula is C17H19N3O. The Morgan fingerprint density at radius 1 is 1.10 bits per heavy atom. The van der Waals surface area contributed by atoms with Crippen LogP contribution in [0.15, 0.2) is 36.4 Å². The normalized spacial score (nSPS) is 12.8. The van der Waals surface area contributed by atoms with Gasteiger partial charge >= 0.3 is 0 Å². The summed E-state index contributed by atoms with van der Waals surface area (Å²) in [5, 5.41) is 5.92. The van der Waals surface area contributed by atoms with Crippen molar-refractivity contribution in [2.45, 2.75) is 19.3 Å². The molecule has 0 saturated carbocycles. The highest BCUT2D eigenvalue weighted by molar-refractivity contribution is 5.96. The molecule has 21 heavy (non-hydrogen) atoms. The highest BCUT2D eigenvalue weighted by atomic mass is 16.1. The number of carbonyl (C=O) groups is 1. The van der Waals surface area contributed by atoms with Gasteiger partial charge in [-0.2, -0.15) is 0 Å². The Hall–Kier alpha value is -2.49. The van der Waals surface area contributed by atoms with Gasteiger partial charge in [0.25, 0.3) is 5.91 Å². The van der Waals surface area contributed by atoms with Gasteiger partial charge in [-0.3, -0.25) is 4.79 Å². The van der Waals surface area contributed by atoms with Crippen LogP contribution in [0, 0.1) is 0 Å². The molecule has 0 atom stereocenters. The largest absolute Gasteiger partial charge is 0.397 e. The lowest BCUT2D eigenvalue weighted by Crippen LogP contribution is -2.17. The number of hydrogen-bond donors (Lipinski definition) is 3. The van der Waals surface area contributed by atoms with E-state index in [4.69, 9.17) is 5.73 Å². The van der Waals surface area contributed by atoms with Gasteiger partial charge in [-0.1, -0.05) is 6.07 Å². The Morgan fingerprint density at radius 3 is 2.67 bits per heavy atom. The number of nitrogens with one attached hydrogen (secondary N) is 2. The van der Waals surface area contributed by atoms with Gasteiger partial charge in [0, 0.05) is 18.3 Å². The molecule has 3 rings (SSSR count). The third-order valence-corrected chi connectivity index (χ3v) is 3.92. The van der Waals surface area contributed by atoms with Crippen LogP contribution in [-0.2, 0) is 12.8 Å². The Kier molecular flexibility index (Phi) is 3.52. The van der Waals surface area contributed by atoms with Crippen molar-refractivity contribution in [3.63, 3.8) is 0 Å². The lowest BCUT2D eigenvalue weighted by molar-refractivity contribution is 0.0963. The number of aryl methyl sites for hydroxylation is 2. The van der Waals surface area contributed by atoms with E-state index < -0.39 is 0 Å². The Labute approximate surface area is 124 Å². The van der Waals surface area contributed by atoms with Crippen molar-refractivity contribution >= 4 is 23.0 Å². The molecule has 4 nitrogen and oxygen atoms in total. The quantitative estimate of drug-likeness (QED) is 0.758. The summed E-state index contributed by atoms with van der Waals surface area (Å²) in [6.07, 6.45) is 3.57. The number of fused-ring (bicyclic) bond motifs is 1. The van der Waals surface area contributed by atoms with Crippen LogP contribution < -0.4 is 16.4 Å². The van der Waals surface area contributed by atoms with Crippen LogP contribution in [0.3, 0.4) is 0 Å². The maximum atomic E-state index is 11.6. The Bertz CT molecular complexity index is 694. The van der Waals surface area contributed by atoms with Crippen LogP contribution in [0.25, 0.3) is 0 Å². The predicted molar refractivity (Wildman–Crippen MR) is 86.0 cm³/mol. The molecule has 2 aromatic carbocycles. The van der Waals surface area contributed by atoms with E-state index in [0.717, 1.165) is 17.8 Å². The van der Waals surface area contributed by atoms with Gasteiger partial charge in [0.15, 0.2) is 0 Å². The zero-order valence-corrected chi connectivity index (χ0v) is 12.1. The third kappa shape index (κ3) is 2.70. The number of carbonyl (C=O) groups excluding carboxylic acids is 1. The fourth-order valence-electron chi connectivity index (χ4n) is 2.77. The topological polar surface area (TPSA) is 67.2 Å². The van der Waals surface area contributed by atoms with Crippen molar-refractivity contribution in [1.29, 1.82) is 0 Å². The van der Waals surface area contributed by atoms with Gasteiger partial charge in [-0.25, -0.2) is 0 Å². The number of rotatable bonds is 3. The van der Waals surface area contributed by atoms with Crippen LogP contribution >= 0.6 is 0 Å². The molecule has 1 amide bonds. The molecule has 108 valence electrons. The smallest absolute Gasteiger partial charge is 0.251 e. The van der Waals surface area contributed by atoms with Crippen LogP contribution in [0.5, 0.6) is 0 Å². The molecule has 0 unspecified atom stereocenters. The molecule has 0 aromatic heterocycles. The van der Waals surface area contributed by atoms with E-state index in [9.17, 15) is 4.79 Å². The van der Waals surface area contributed by atoms with E-state index in [0.29, 0.717) is 11.3 Å². The van der Waals surface area contributed by atoms with E-state index in [-0.39, 0.29) is 5.91 Å². The third-order valence-electron chi connectivity index (χ3n) is 3.92. The summed E-state index contributed by atoms with van der Waals surface area (Å²) in [6.45, 7) is 0. The Balaban J connectivity index is 1.83.